The maximum atomic E-state index is 13.9. The predicted molar refractivity (Wildman–Crippen MR) is 154 cm³/mol. The Morgan fingerprint density at radius 3 is 2.47 bits per heavy atom. The summed E-state index contributed by atoms with van der Waals surface area (Å²) in [4.78, 5) is 56.2. The number of ether oxygens (including phenoxy) is 2. The van der Waals surface area contributed by atoms with Gasteiger partial charge in [-0.25, -0.2) is 0 Å². The van der Waals surface area contributed by atoms with Gasteiger partial charge in [0.1, 0.15) is 12.1 Å². The average Bonchev–Trinajstić information content (AvgIpc) is 2.95. The highest BCUT2D eigenvalue weighted by molar-refractivity contribution is 6.25. The lowest BCUT2D eigenvalue weighted by Gasteiger charge is -2.60. The van der Waals surface area contributed by atoms with E-state index < -0.39 is 41.9 Å². The summed E-state index contributed by atoms with van der Waals surface area (Å²) < 4.78 is 10.9. The van der Waals surface area contributed by atoms with Crippen LogP contribution in [0.25, 0.3) is 0 Å². The maximum absolute atomic E-state index is 13.9. The predicted octanol–water partition coefficient (Wildman–Crippen LogP) is 0.965. The standard InChI is InChI=1S/C31H37N5O7/c1-13-8-17-9-19-21(11-32)36-20(25(35(19)5)23(17)27(39)29(13)42-6)10-18-24(28(40)30(43-7)14(2)26(18)38)22(36)12-33-31(41)15(3)34-16(4)37/h8,15,19-22,25,39H,9-10,12H2,1-7H3,(H,33,41)(H,34,37)/t15-,19+,20?,21+,22+,25+/m1/s1. The molecule has 0 saturated carbocycles. The summed E-state index contributed by atoms with van der Waals surface area (Å²) in [6.45, 7) is 6.17. The van der Waals surface area contributed by atoms with E-state index in [1.807, 2.05) is 24.9 Å². The molecule has 3 heterocycles. The molecule has 2 bridgehead atoms. The zero-order valence-electron chi connectivity index (χ0n) is 25.4. The number of nitrogens with one attached hydrogen (secondary N) is 2. The highest BCUT2D eigenvalue weighted by Gasteiger charge is 2.57. The molecule has 43 heavy (non-hydrogen) atoms. The van der Waals surface area contributed by atoms with Crippen LogP contribution in [0.1, 0.15) is 49.9 Å². The van der Waals surface area contributed by atoms with Crippen LogP contribution in [0.5, 0.6) is 11.5 Å². The number of aromatic hydroxyl groups is 1. The van der Waals surface area contributed by atoms with Gasteiger partial charge >= 0.3 is 0 Å². The van der Waals surface area contributed by atoms with Crippen molar-refractivity contribution >= 4 is 23.4 Å². The summed E-state index contributed by atoms with van der Waals surface area (Å²) >= 11 is 0. The minimum absolute atomic E-state index is 0.0145. The second kappa shape index (κ2) is 11.1. The number of methoxy groups -OCH3 is 2. The molecule has 4 aliphatic rings. The third kappa shape index (κ3) is 4.58. The number of nitriles is 1. The van der Waals surface area contributed by atoms with Crippen molar-refractivity contribution in [2.24, 2.45) is 0 Å². The Morgan fingerprint density at radius 2 is 1.86 bits per heavy atom. The van der Waals surface area contributed by atoms with Gasteiger partial charge in [-0.1, -0.05) is 6.07 Å². The molecular weight excluding hydrogens is 554 g/mol. The number of aryl methyl sites for hydroxylation is 1. The zero-order chi connectivity index (χ0) is 31.5. The number of piperazine rings is 1. The molecule has 1 unspecified atom stereocenters. The molecule has 3 aliphatic heterocycles. The van der Waals surface area contributed by atoms with E-state index in [1.165, 1.54) is 21.1 Å². The molecule has 3 N–H and O–H groups in total. The van der Waals surface area contributed by atoms with Gasteiger partial charge in [0.05, 0.1) is 32.4 Å². The number of carbonyl (C=O) groups is 4. The molecule has 228 valence electrons. The molecule has 1 fully saturated rings. The van der Waals surface area contributed by atoms with E-state index in [9.17, 15) is 29.5 Å². The van der Waals surface area contributed by atoms with Crippen molar-refractivity contribution in [2.75, 3.05) is 27.8 Å². The van der Waals surface area contributed by atoms with Gasteiger partial charge in [-0.15, -0.1) is 0 Å². The van der Waals surface area contributed by atoms with Crippen molar-refractivity contribution in [3.63, 3.8) is 0 Å². The van der Waals surface area contributed by atoms with Crippen LogP contribution in [-0.2, 0) is 30.3 Å². The number of nitrogens with zero attached hydrogens (tertiary/aromatic N) is 3. The van der Waals surface area contributed by atoms with E-state index >= 15 is 0 Å². The topological polar surface area (TPSA) is 161 Å². The number of ketones is 2. The van der Waals surface area contributed by atoms with E-state index in [0.717, 1.165) is 11.1 Å². The van der Waals surface area contributed by atoms with Crippen LogP contribution in [0.4, 0.5) is 0 Å². The Bertz CT molecular complexity index is 1540. The first-order chi connectivity index (χ1) is 20.4. The first kappa shape index (κ1) is 30.3. The quantitative estimate of drug-likeness (QED) is 0.407. The van der Waals surface area contributed by atoms with Gasteiger partial charge in [-0.3, -0.25) is 29.0 Å². The van der Waals surface area contributed by atoms with Gasteiger partial charge in [0.2, 0.25) is 17.6 Å². The first-order valence-corrected chi connectivity index (χ1v) is 14.3. The maximum Gasteiger partial charge on any atom is 0.242 e. The number of likely N-dealkylation sites (N-methyl/N-ethyl adjacent to an activating group) is 1. The molecule has 5 rings (SSSR count). The van der Waals surface area contributed by atoms with Crippen LogP contribution in [-0.4, -0.2) is 96.3 Å². The normalized spacial score (nSPS) is 27.4. The van der Waals surface area contributed by atoms with Crippen LogP contribution in [0.3, 0.4) is 0 Å². The Labute approximate surface area is 250 Å². The number of Topliss-reactive ketones (excluding diaryl/α,β-unsaturated/α-hetero) is 2. The van der Waals surface area contributed by atoms with Crippen molar-refractivity contribution in [2.45, 2.75) is 76.8 Å². The van der Waals surface area contributed by atoms with Gasteiger partial charge in [0.25, 0.3) is 0 Å². The fraction of sp³-hybridized carbons (Fsp3) is 0.516. The highest BCUT2D eigenvalue weighted by atomic mass is 16.5. The lowest BCUT2D eigenvalue weighted by Crippen LogP contribution is -2.71. The number of allylic oxidation sites excluding steroid dienone is 2. The first-order valence-electron chi connectivity index (χ1n) is 14.3. The zero-order valence-corrected chi connectivity index (χ0v) is 25.4. The third-order valence-corrected chi connectivity index (χ3v) is 9.35. The molecule has 1 aromatic rings. The monoisotopic (exact) mass is 591 g/mol. The average molecular weight is 592 g/mol. The fourth-order valence-corrected chi connectivity index (χ4v) is 7.53. The second-order valence-electron chi connectivity index (χ2n) is 11.7. The Hall–Kier alpha value is -4.21. The van der Waals surface area contributed by atoms with Crippen molar-refractivity contribution in [1.82, 2.24) is 20.4 Å². The molecule has 1 aromatic carbocycles. The third-order valence-electron chi connectivity index (χ3n) is 9.35. The van der Waals surface area contributed by atoms with Gasteiger partial charge in [-0.05, 0) is 51.8 Å². The van der Waals surface area contributed by atoms with Crippen LogP contribution < -0.4 is 15.4 Å². The number of phenols is 1. The Morgan fingerprint density at radius 1 is 1.16 bits per heavy atom. The SMILES string of the molecule is COC1=C(C)C(=O)C2=C(C1=O)[C@H](CNC(=O)[C@@H](C)NC(C)=O)N1C(C2)[C@H]2c3c(cc(C)c(OC)c3O)C[C@@H]([C@@H]1C#N)N2C. The molecule has 0 aromatic heterocycles. The van der Waals surface area contributed by atoms with Crippen molar-refractivity contribution in [1.29, 1.82) is 5.26 Å². The number of amides is 2. The van der Waals surface area contributed by atoms with E-state index in [0.29, 0.717) is 23.3 Å². The van der Waals surface area contributed by atoms with Crippen molar-refractivity contribution in [3.8, 4) is 17.6 Å². The fourth-order valence-electron chi connectivity index (χ4n) is 7.53. The Kier molecular flexibility index (Phi) is 7.83. The summed E-state index contributed by atoms with van der Waals surface area (Å²) in [6.07, 6.45) is 0.609. The van der Waals surface area contributed by atoms with E-state index in [1.54, 1.807) is 13.8 Å². The number of hydrogen-bond donors (Lipinski definition) is 3. The minimum Gasteiger partial charge on any atom is -0.504 e. The molecule has 6 atom stereocenters. The van der Waals surface area contributed by atoms with Gasteiger partial charge < -0.3 is 25.2 Å². The molecule has 0 radical (unpaired) electrons. The largest absolute Gasteiger partial charge is 0.504 e. The molecule has 1 aliphatic carbocycles. The highest BCUT2D eigenvalue weighted by Crippen LogP contribution is 2.53. The smallest absolute Gasteiger partial charge is 0.242 e. The number of benzene rings is 1. The van der Waals surface area contributed by atoms with Crippen molar-refractivity contribution in [3.05, 3.63) is 45.2 Å². The summed E-state index contributed by atoms with van der Waals surface area (Å²) in [5.41, 5.74) is 3.05. The van der Waals surface area contributed by atoms with Crippen molar-refractivity contribution < 1.29 is 33.8 Å². The molecule has 12 heteroatoms. The lowest BCUT2D eigenvalue weighted by atomic mass is 9.69. The van der Waals surface area contributed by atoms with E-state index in [4.69, 9.17) is 9.47 Å². The van der Waals surface area contributed by atoms with Gasteiger partial charge in [0.15, 0.2) is 23.0 Å². The van der Waals surface area contributed by atoms with Crippen LogP contribution in [0, 0.1) is 18.3 Å². The minimum atomic E-state index is -0.851. The number of rotatable bonds is 6. The van der Waals surface area contributed by atoms with E-state index in [2.05, 4.69) is 21.6 Å². The molecule has 0 spiro atoms. The van der Waals surface area contributed by atoms with Crippen LogP contribution >= 0.6 is 0 Å². The number of hydrogen-bond acceptors (Lipinski definition) is 10. The van der Waals surface area contributed by atoms with Crippen LogP contribution in [0.15, 0.2) is 28.5 Å². The number of carbonyl (C=O) groups excluding carboxylic acids is 4. The molecule has 1 saturated heterocycles. The van der Waals surface area contributed by atoms with Gasteiger partial charge in [-0.2, -0.15) is 5.26 Å². The molecular formula is C31H37N5O7. The summed E-state index contributed by atoms with van der Waals surface area (Å²) in [7, 11) is 4.74. The number of fused-ring (bicyclic) bond motifs is 6. The second-order valence-corrected chi connectivity index (χ2v) is 11.7. The van der Waals surface area contributed by atoms with Gasteiger partial charge in [0, 0.05) is 47.8 Å². The Balaban J connectivity index is 1.67. The summed E-state index contributed by atoms with van der Waals surface area (Å²) in [5, 5.41) is 27.5. The summed E-state index contributed by atoms with van der Waals surface area (Å²) in [5.74, 6) is -1.31. The number of phenolic OH excluding ortho intramolecular Hbond substituents is 1. The lowest BCUT2D eigenvalue weighted by molar-refractivity contribution is -0.128. The summed E-state index contributed by atoms with van der Waals surface area (Å²) in [6, 6.07) is 0.763. The molecule has 2 amide bonds. The van der Waals surface area contributed by atoms with E-state index in [-0.39, 0.29) is 53.4 Å². The van der Waals surface area contributed by atoms with Crippen LogP contribution in [0.2, 0.25) is 0 Å². The molecule has 12 nitrogen and oxygen atoms in total.